The number of aromatic nitrogens is 4. The number of ether oxygens (including phenoxy) is 1. The van der Waals surface area contributed by atoms with Crippen LogP contribution in [-0.4, -0.2) is 82.1 Å². The third-order valence-corrected chi connectivity index (χ3v) is 15.1. The highest BCUT2D eigenvalue weighted by Crippen LogP contribution is 2.61. The number of nitrogens with zero attached hydrogens (tertiary/aromatic N) is 3. The molecule has 1 saturated heterocycles. The number of nitrogens with one attached hydrogen (secondary N) is 1. The van der Waals surface area contributed by atoms with Gasteiger partial charge in [0.2, 0.25) is 5.95 Å². The molecule has 0 radical (unpaired) electrons. The van der Waals surface area contributed by atoms with Gasteiger partial charge in [0.05, 0.1) is 12.9 Å². The van der Waals surface area contributed by atoms with E-state index in [1.807, 2.05) is 20.8 Å². The Balaban J connectivity index is 2.16. The summed E-state index contributed by atoms with van der Waals surface area (Å²) in [7, 11) is -25.3. The van der Waals surface area contributed by atoms with Crippen LogP contribution in [0.3, 0.4) is 0 Å². The summed E-state index contributed by atoms with van der Waals surface area (Å²) in [5.41, 5.74) is 4.52. The van der Waals surface area contributed by atoms with E-state index < -0.39 is 81.4 Å². The van der Waals surface area contributed by atoms with Gasteiger partial charge >= 0.3 is 31.3 Å². The van der Waals surface area contributed by atoms with E-state index in [4.69, 9.17) is 39.0 Å². The van der Waals surface area contributed by atoms with Crippen molar-refractivity contribution in [3.05, 3.63) is 16.7 Å². The minimum Gasteiger partial charge on any atom is -0.407 e. The quantitative estimate of drug-likeness (QED) is 0.111. The van der Waals surface area contributed by atoms with Crippen molar-refractivity contribution in [3.8, 4) is 0 Å². The number of H-pyrrole nitrogens is 1. The van der Waals surface area contributed by atoms with E-state index >= 15 is 0 Å². The van der Waals surface area contributed by atoms with Crippen LogP contribution >= 0.6 is 31.3 Å². The molecule has 2 unspecified atom stereocenters. The molecule has 246 valence electrons. The first-order valence-electron chi connectivity index (χ1n) is 11.8. The lowest BCUT2D eigenvalue weighted by atomic mass is 10.1. The van der Waals surface area contributed by atoms with Gasteiger partial charge in [-0.1, -0.05) is 20.8 Å². The Labute approximate surface area is 243 Å². The van der Waals surface area contributed by atoms with Crippen molar-refractivity contribution in [1.82, 2.24) is 19.5 Å². The Kier molecular flexibility index (Phi) is 10.3. The minimum atomic E-state index is -5.68. The second kappa shape index (κ2) is 12.2. The molecule has 0 spiro atoms. The lowest BCUT2D eigenvalue weighted by molar-refractivity contribution is -0.0486. The molecule has 3 rings (SSSR count). The normalized spacial score (nSPS) is 25.1. The van der Waals surface area contributed by atoms with Crippen molar-refractivity contribution in [2.75, 3.05) is 12.3 Å². The van der Waals surface area contributed by atoms with Crippen LogP contribution in [0.15, 0.2) is 11.1 Å². The van der Waals surface area contributed by atoms with Crippen molar-refractivity contribution in [3.63, 3.8) is 0 Å². The number of nitrogens with two attached hydrogens (primary N) is 1. The fraction of sp³-hybridized carbons (Fsp3) is 0.688. The average molecular weight is 717 g/mol. The third kappa shape index (κ3) is 9.41. The molecule has 6 atom stereocenters. The first-order chi connectivity index (χ1) is 19.2. The first kappa shape index (κ1) is 36.3. The molecular weight excluding hydrogens is 686 g/mol. The standard InChI is InChI=1S/C16H31N5O17P4Si/c1-16(2,3)43(4,5)36-11-10(35-42(31,32)38-40(26,27)28)8(6-33-41(29,30)37-39(23,24)25)34-14(11)21-7-18-9-12(21)19-15(17)20-13(9)22/h7-8,10-11,14H,6H2,1-5H3,(H,29,30)(H,31,32)(H2,23,24,25)(H2,26,27,28)(H3,17,19,20,22)/t8-,10-,11-,14-/m1/s1. The lowest BCUT2D eigenvalue weighted by Crippen LogP contribution is -2.49. The van der Waals surface area contributed by atoms with E-state index in [0.717, 1.165) is 10.9 Å². The molecule has 0 aromatic carbocycles. The van der Waals surface area contributed by atoms with Gasteiger partial charge in [0.1, 0.15) is 18.3 Å². The summed E-state index contributed by atoms with van der Waals surface area (Å²) in [4.78, 5) is 78.6. The van der Waals surface area contributed by atoms with Crippen molar-refractivity contribution in [2.45, 2.75) is 63.4 Å². The summed E-state index contributed by atoms with van der Waals surface area (Å²) in [6.07, 6.45) is -5.69. The summed E-state index contributed by atoms with van der Waals surface area (Å²) >= 11 is 0. The summed E-state index contributed by atoms with van der Waals surface area (Å²) in [6, 6.07) is 0. The van der Waals surface area contributed by atoms with Crippen LogP contribution in [0.4, 0.5) is 5.95 Å². The van der Waals surface area contributed by atoms with E-state index in [0.29, 0.717) is 0 Å². The van der Waals surface area contributed by atoms with Gasteiger partial charge in [0.15, 0.2) is 25.7 Å². The maximum atomic E-state index is 12.7. The van der Waals surface area contributed by atoms with E-state index in [9.17, 15) is 32.8 Å². The van der Waals surface area contributed by atoms with Gasteiger partial charge in [0.25, 0.3) is 5.56 Å². The molecule has 3 heterocycles. The molecule has 27 heteroatoms. The smallest absolute Gasteiger partial charge is 0.407 e. The molecule has 2 aromatic heterocycles. The lowest BCUT2D eigenvalue weighted by Gasteiger charge is -2.40. The number of phosphoric acid groups is 4. The highest BCUT2D eigenvalue weighted by molar-refractivity contribution is 7.61. The fourth-order valence-corrected chi connectivity index (χ4v) is 8.27. The number of nitrogen functional groups attached to an aromatic ring is 1. The molecular formula is C16H31N5O17P4Si. The molecule has 1 aliphatic heterocycles. The summed E-state index contributed by atoms with van der Waals surface area (Å²) in [6.45, 7) is 7.82. The van der Waals surface area contributed by atoms with Gasteiger partial charge in [-0.15, -0.1) is 0 Å². The molecule has 1 aliphatic rings. The molecule has 2 aromatic rings. The van der Waals surface area contributed by atoms with Crippen molar-refractivity contribution in [1.29, 1.82) is 0 Å². The van der Waals surface area contributed by atoms with Gasteiger partial charge in [-0.25, -0.2) is 23.2 Å². The monoisotopic (exact) mass is 717 g/mol. The number of fused-ring (bicyclic) bond motifs is 1. The summed E-state index contributed by atoms with van der Waals surface area (Å²) in [5.74, 6) is -0.336. The molecule has 0 amide bonds. The molecule has 1 fully saturated rings. The fourth-order valence-electron chi connectivity index (χ4n) is 3.60. The third-order valence-electron chi connectivity index (χ3n) is 6.32. The van der Waals surface area contributed by atoms with Gasteiger partial charge in [-0.3, -0.25) is 23.4 Å². The van der Waals surface area contributed by atoms with Crippen LogP contribution in [0, 0.1) is 0 Å². The number of anilines is 1. The van der Waals surface area contributed by atoms with Crippen LogP contribution in [0.25, 0.3) is 11.2 Å². The molecule has 0 aliphatic carbocycles. The average Bonchev–Trinajstić information content (AvgIpc) is 3.29. The van der Waals surface area contributed by atoms with E-state index in [1.54, 1.807) is 13.1 Å². The largest absolute Gasteiger partial charge is 0.481 e. The summed E-state index contributed by atoms with van der Waals surface area (Å²) < 4.78 is 78.1. The van der Waals surface area contributed by atoms with Gasteiger partial charge < -0.3 is 44.3 Å². The summed E-state index contributed by atoms with van der Waals surface area (Å²) in [5, 5.41) is -0.545. The molecule has 22 nitrogen and oxygen atoms in total. The van der Waals surface area contributed by atoms with Crippen molar-refractivity contribution in [2.24, 2.45) is 0 Å². The van der Waals surface area contributed by atoms with Crippen LogP contribution in [0.1, 0.15) is 27.0 Å². The Morgan fingerprint density at radius 1 is 1.02 bits per heavy atom. The van der Waals surface area contributed by atoms with Crippen molar-refractivity contribution < 1.29 is 74.5 Å². The molecule has 0 bridgehead atoms. The second-order valence-corrected chi connectivity index (χ2v) is 21.0. The highest BCUT2D eigenvalue weighted by atomic mass is 31.3. The zero-order valence-electron chi connectivity index (χ0n) is 23.0. The highest BCUT2D eigenvalue weighted by Gasteiger charge is 2.55. The van der Waals surface area contributed by atoms with Gasteiger partial charge in [0, 0.05) is 0 Å². The maximum Gasteiger partial charge on any atom is 0.481 e. The maximum absolute atomic E-state index is 12.7. The van der Waals surface area contributed by atoms with Crippen LogP contribution in [0.5, 0.6) is 0 Å². The number of phosphoric ester groups is 2. The van der Waals surface area contributed by atoms with Crippen LogP contribution < -0.4 is 11.3 Å². The minimum absolute atomic E-state index is 0.174. The van der Waals surface area contributed by atoms with E-state index in [-0.39, 0.29) is 17.1 Å². The number of hydrogen-bond donors (Lipinski definition) is 8. The Hall–Kier alpha value is -1.19. The zero-order chi connectivity index (χ0) is 33.0. The second-order valence-electron chi connectivity index (χ2n) is 10.6. The predicted octanol–water partition coefficient (Wildman–Crippen LogP) is 0.811. The van der Waals surface area contributed by atoms with E-state index in [1.165, 1.54) is 0 Å². The Morgan fingerprint density at radius 2 is 1.58 bits per heavy atom. The molecule has 9 N–H and O–H groups in total. The Bertz CT molecular complexity index is 1600. The molecule has 43 heavy (non-hydrogen) atoms. The van der Waals surface area contributed by atoms with Gasteiger partial charge in [-0.05, 0) is 18.1 Å². The van der Waals surface area contributed by atoms with Crippen LogP contribution in [0.2, 0.25) is 18.1 Å². The predicted molar refractivity (Wildman–Crippen MR) is 145 cm³/mol. The van der Waals surface area contributed by atoms with E-state index in [2.05, 4.69) is 28.1 Å². The molecule has 0 saturated carbocycles. The van der Waals surface area contributed by atoms with Crippen molar-refractivity contribution >= 4 is 56.7 Å². The van der Waals surface area contributed by atoms with Crippen LogP contribution in [-0.2, 0) is 45.1 Å². The first-order valence-corrected chi connectivity index (χ1v) is 20.7. The number of hydrogen-bond acceptors (Lipinski definition) is 14. The SMILES string of the molecule is CC(C)(C)[Si](C)(C)O[C@@H]1[C@H](OP(=O)(O)OP(=O)(O)O)[C@@H](COP(=O)(O)OP(=O)(O)O)O[C@H]1n1cnc2c(=O)[nH]c(N)nc21. The Morgan fingerprint density at radius 3 is 2.12 bits per heavy atom. The topological polar surface area (TPSA) is 335 Å². The number of aromatic amines is 1. The number of rotatable bonds is 12. The van der Waals surface area contributed by atoms with Gasteiger partial charge in [-0.2, -0.15) is 13.6 Å². The zero-order valence-corrected chi connectivity index (χ0v) is 27.6. The number of imidazole rings is 1.